The molecule has 0 unspecified atom stereocenters. The van der Waals surface area contributed by atoms with Gasteiger partial charge in [-0.25, -0.2) is 13.4 Å². The van der Waals surface area contributed by atoms with E-state index in [1.54, 1.807) is 0 Å². The molecule has 1 saturated carbocycles. The number of carbonyl (C=O) groups is 1. The highest BCUT2D eigenvalue weighted by Gasteiger charge is 2.27. The van der Waals surface area contributed by atoms with Crippen LogP contribution in [0, 0.1) is 11.8 Å². The minimum Gasteiger partial charge on any atom is -0.493 e. The second-order valence-corrected chi connectivity index (χ2v) is 14.3. The van der Waals surface area contributed by atoms with Crippen LogP contribution in [0.3, 0.4) is 0 Å². The summed E-state index contributed by atoms with van der Waals surface area (Å²) in [4.78, 5) is 24.8. The predicted molar refractivity (Wildman–Crippen MR) is 158 cm³/mol. The molecular weight excluding hydrogens is 524 g/mol. The van der Waals surface area contributed by atoms with Crippen LogP contribution in [-0.4, -0.2) is 88.0 Å². The third-order valence-electron chi connectivity index (χ3n) is 9.46. The Kier molecular flexibility index (Phi) is 8.30. The normalized spacial score (nSPS) is 24.9. The lowest BCUT2D eigenvalue weighted by atomic mass is 9.78. The minimum atomic E-state index is -2.89. The van der Waals surface area contributed by atoms with Crippen LogP contribution in [0.15, 0.2) is 36.5 Å². The van der Waals surface area contributed by atoms with E-state index in [0.717, 1.165) is 80.8 Å². The number of sulfone groups is 1. The molecule has 2 aromatic rings. The average Bonchev–Trinajstić information content (AvgIpc) is 3.47. The molecule has 3 fully saturated rings. The highest BCUT2D eigenvalue weighted by atomic mass is 32.2. The first kappa shape index (κ1) is 27.5. The highest BCUT2D eigenvalue weighted by molar-refractivity contribution is 7.91. The molecule has 0 spiro atoms. The molecule has 3 aliphatic heterocycles. The zero-order valence-electron chi connectivity index (χ0n) is 23.5. The van der Waals surface area contributed by atoms with Crippen LogP contribution in [0.4, 0.5) is 11.5 Å². The number of benzene rings is 1. The summed E-state index contributed by atoms with van der Waals surface area (Å²) in [6.07, 6.45) is 9.50. The lowest BCUT2D eigenvalue weighted by Crippen LogP contribution is -2.47. The quantitative estimate of drug-likeness (QED) is 0.446. The van der Waals surface area contributed by atoms with Crippen molar-refractivity contribution in [2.75, 3.05) is 73.7 Å². The number of hydrogen-bond donors (Lipinski definition) is 0. The molecule has 0 bridgehead atoms. The molecule has 2 saturated heterocycles. The number of carbonyl (C=O) groups excluding carboxylic acids is 1. The van der Waals surface area contributed by atoms with Crippen LogP contribution in [0.2, 0.25) is 0 Å². The number of rotatable bonds is 8. The fourth-order valence-corrected chi connectivity index (χ4v) is 8.05. The molecule has 0 atom stereocenters. The predicted octanol–water partition coefficient (Wildman–Crippen LogP) is 3.84. The van der Waals surface area contributed by atoms with Crippen molar-refractivity contribution in [2.45, 2.75) is 44.9 Å². The van der Waals surface area contributed by atoms with Gasteiger partial charge in [-0.2, -0.15) is 0 Å². The Morgan fingerprint density at radius 3 is 2.30 bits per heavy atom. The summed E-state index contributed by atoms with van der Waals surface area (Å²) < 4.78 is 29.1. The SMILES string of the molecule is O=C(CC1CCC(CCN2CCN(c3nccc4c3CCO4)CC2)CC1)c1ccc(N2CCS(=O)(=O)CC2)cc1. The van der Waals surface area contributed by atoms with Crippen LogP contribution in [0.1, 0.15) is 54.4 Å². The maximum absolute atomic E-state index is 13.0. The highest BCUT2D eigenvalue weighted by Crippen LogP contribution is 2.35. The summed E-state index contributed by atoms with van der Waals surface area (Å²) in [5, 5.41) is 0. The van der Waals surface area contributed by atoms with Crippen LogP contribution in [-0.2, 0) is 16.3 Å². The van der Waals surface area contributed by atoms with E-state index in [4.69, 9.17) is 4.74 Å². The molecule has 9 heteroatoms. The maximum Gasteiger partial charge on any atom is 0.163 e. The lowest BCUT2D eigenvalue weighted by molar-refractivity contribution is 0.0940. The van der Waals surface area contributed by atoms with E-state index in [0.29, 0.717) is 25.4 Å². The van der Waals surface area contributed by atoms with Crippen molar-refractivity contribution in [3.63, 3.8) is 0 Å². The van der Waals surface area contributed by atoms with E-state index in [9.17, 15) is 13.2 Å². The zero-order valence-corrected chi connectivity index (χ0v) is 24.3. The molecule has 6 rings (SSSR count). The topological polar surface area (TPSA) is 83.1 Å². The van der Waals surface area contributed by atoms with Gasteiger partial charge in [-0.1, -0.05) is 12.8 Å². The smallest absolute Gasteiger partial charge is 0.163 e. The Morgan fingerprint density at radius 1 is 0.875 bits per heavy atom. The molecule has 1 aromatic heterocycles. The largest absolute Gasteiger partial charge is 0.493 e. The van der Waals surface area contributed by atoms with Gasteiger partial charge < -0.3 is 14.5 Å². The van der Waals surface area contributed by atoms with E-state index in [1.807, 2.05) is 36.5 Å². The molecule has 1 aromatic carbocycles. The zero-order chi connectivity index (χ0) is 27.5. The van der Waals surface area contributed by atoms with E-state index in [2.05, 4.69) is 19.7 Å². The van der Waals surface area contributed by atoms with Crippen LogP contribution in [0.5, 0.6) is 5.75 Å². The monoisotopic (exact) mass is 566 g/mol. The van der Waals surface area contributed by atoms with Crippen molar-refractivity contribution >= 4 is 27.1 Å². The van der Waals surface area contributed by atoms with Gasteiger partial charge in [0, 0.05) is 75.1 Å². The van der Waals surface area contributed by atoms with E-state index >= 15 is 0 Å². The Bertz CT molecular complexity index is 1270. The number of hydrogen-bond acceptors (Lipinski definition) is 8. The molecule has 4 aliphatic rings. The van der Waals surface area contributed by atoms with E-state index < -0.39 is 9.84 Å². The molecule has 0 amide bonds. The summed E-state index contributed by atoms with van der Waals surface area (Å²) >= 11 is 0. The van der Waals surface area contributed by atoms with Gasteiger partial charge >= 0.3 is 0 Å². The van der Waals surface area contributed by atoms with Crippen molar-refractivity contribution in [1.29, 1.82) is 0 Å². The van der Waals surface area contributed by atoms with Gasteiger partial charge in [0.25, 0.3) is 0 Å². The van der Waals surface area contributed by atoms with Gasteiger partial charge in [0.05, 0.1) is 18.1 Å². The van der Waals surface area contributed by atoms with E-state index in [1.165, 1.54) is 31.4 Å². The Morgan fingerprint density at radius 2 is 1.57 bits per heavy atom. The average molecular weight is 567 g/mol. The Labute approximate surface area is 238 Å². The third-order valence-corrected chi connectivity index (χ3v) is 11.1. The lowest BCUT2D eigenvalue weighted by Gasteiger charge is -2.37. The van der Waals surface area contributed by atoms with Gasteiger partial charge in [0.2, 0.25) is 0 Å². The number of Topliss-reactive ketones (excluding diaryl/α,β-unsaturated/α-hetero) is 1. The Hall–Kier alpha value is -2.65. The molecule has 216 valence electrons. The molecule has 8 nitrogen and oxygen atoms in total. The minimum absolute atomic E-state index is 0.205. The fourth-order valence-electron chi connectivity index (χ4n) is 6.85. The van der Waals surface area contributed by atoms with Gasteiger partial charge in [0.1, 0.15) is 11.6 Å². The number of anilines is 2. The van der Waals surface area contributed by atoms with Gasteiger partial charge in [-0.15, -0.1) is 0 Å². The van der Waals surface area contributed by atoms with Crippen molar-refractivity contribution in [2.24, 2.45) is 11.8 Å². The Balaban J connectivity index is 0.897. The molecule has 0 radical (unpaired) electrons. The van der Waals surface area contributed by atoms with Gasteiger partial charge in [-0.3, -0.25) is 9.69 Å². The van der Waals surface area contributed by atoms with Crippen LogP contribution < -0.4 is 14.5 Å². The number of pyridine rings is 1. The second kappa shape index (κ2) is 12.1. The molecule has 0 N–H and O–H groups in total. The number of ketones is 1. The molecule has 1 aliphatic carbocycles. The molecule has 4 heterocycles. The number of piperazine rings is 1. The van der Waals surface area contributed by atoms with Crippen LogP contribution >= 0.6 is 0 Å². The number of aromatic nitrogens is 1. The third kappa shape index (κ3) is 6.46. The fraction of sp³-hybridized carbons (Fsp3) is 0.613. The summed E-state index contributed by atoms with van der Waals surface area (Å²) in [5.74, 6) is 4.04. The summed E-state index contributed by atoms with van der Waals surface area (Å²) in [6.45, 7) is 7.22. The number of nitrogens with zero attached hydrogens (tertiary/aromatic N) is 4. The van der Waals surface area contributed by atoms with Gasteiger partial charge in [0.15, 0.2) is 15.6 Å². The van der Waals surface area contributed by atoms with Crippen molar-refractivity contribution in [1.82, 2.24) is 9.88 Å². The first-order valence-electron chi connectivity index (χ1n) is 15.1. The summed E-state index contributed by atoms with van der Waals surface area (Å²) in [5.41, 5.74) is 3.06. The van der Waals surface area contributed by atoms with Crippen molar-refractivity contribution in [3.8, 4) is 5.75 Å². The summed E-state index contributed by atoms with van der Waals surface area (Å²) in [7, 11) is -2.89. The maximum atomic E-state index is 13.0. The number of fused-ring (bicyclic) bond motifs is 1. The van der Waals surface area contributed by atoms with Crippen LogP contribution in [0.25, 0.3) is 0 Å². The first-order chi connectivity index (χ1) is 19.4. The summed E-state index contributed by atoms with van der Waals surface area (Å²) in [6, 6.07) is 9.76. The molecule has 40 heavy (non-hydrogen) atoms. The van der Waals surface area contributed by atoms with E-state index in [-0.39, 0.29) is 17.3 Å². The first-order valence-corrected chi connectivity index (χ1v) is 16.9. The number of ether oxygens (including phenoxy) is 1. The standard InChI is InChI=1S/C31H42N4O4S/c36-29(26-5-7-27(8-6-26)34-18-21-40(37,38)22-19-34)23-25-3-1-24(2-4-25)10-13-33-14-16-35(17-15-33)31-28-11-20-39-30(28)9-12-32-31/h5-9,12,24-25H,1-4,10-11,13-23H2. The molecular formula is C31H42N4O4S. The van der Waals surface area contributed by atoms with Crippen molar-refractivity contribution in [3.05, 3.63) is 47.7 Å². The van der Waals surface area contributed by atoms with Crippen molar-refractivity contribution < 1.29 is 17.9 Å². The van der Waals surface area contributed by atoms with Gasteiger partial charge in [-0.05, 0) is 68.0 Å². The second-order valence-electron chi connectivity index (χ2n) is 12.0.